The van der Waals surface area contributed by atoms with Crippen LogP contribution >= 0.6 is 0 Å². The smallest absolute Gasteiger partial charge is 0.329 e. The van der Waals surface area contributed by atoms with Crippen LogP contribution in [-0.4, -0.2) is 208 Å². The molecular formula is C112H92N8O22. The molecule has 15 aromatic rings. The Labute approximate surface area is 812 Å². The number of benzene rings is 13. The van der Waals surface area contributed by atoms with Gasteiger partial charge in [-0.15, -0.1) is 0 Å². The highest BCUT2D eigenvalue weighted by atomic mass is 16.6. The van der Waals surface area contributed by atoms with Gasteiger partial charge in [-0.2, -0.15) is 0 Å². The number of rotatable bonds is 40. The highest BCUT2D eigenvalue weighted by molar-refractivity contribution is 6.45. The Hall–Kier alpha value is -16.5. The number of pyridine rings is 2. The van der Waals surface area contributed by atoms with E-state index in [1.54, 1.807) is 184 Å². The minimum Gasteiger partial charge on any atom is -0.462 e. The molecular weight excluding hydrogens is 1810 g/mol. The quantitative estimate of drug-likeness (QED) is 0.00692. The van der Waals surface area contributed by atoms with Crippen molar-refractivity contribution in [2.24, 2.45) is 0 Å². The van der Waals surface area contributed by atoms with Crippen LogP contribution in [0.2, 0.25) is 0 Å². The summed E-state index contributed by atoms with van der Waals surface area (Å²) in [6.07, 6.45) is 5.09. The summed E-state index contributed by atoms with van der Waals surface area (Å²) in [6.45, 7) is 6.82. The van der Waals surface area contributed by atoms with E-state index in [1.807, 2.05) is 48.5 Å². The Morgan fingerprint density at radius 3 is 0.810 bits per heavy atom. The van der Waals surface area contributed by atoms with Crippen molar-refractivity contribution in [1.29, 1.82) is 0 Å². The van der Waals surface area contributed by atoms with Crippen LogP contribution in [0.25, 0.3) is 87.6 Å². The van der Waals surface area contributed by atoms with E-state index in [2.05, 4.69) is 31.2 Å². The molecule has 30 heteroatoms. The summed E-state index contributed by atoms with van der Waals surface area (Å²) in [6, 6.07) is 65.2. The number of ether oxygens (including phenoxy) is 12. The minimum atomic E-state index is -1.70. The first-order valence-corrected chi connectivity index (χ1v) is 46.9. The third-order valence-corrected chi connectivity index (χ3v) is 25.5. The van der Waals surface area contributed by atoms with Crippen molar-refractivity contribution in [2.45, 2.75) is 63.2 Å². The molecule has 2 aromatic heterocycles. The fraction of sp³-hybridized carbons (Fsp3) is 0.214. The van der Waals surface area contributed by atoms with Crippen molar-refractivity contribution in [1.82, 2.24) is 41.0 Å². The van der Waals surface area contributed by atoms with Gasteiger partial charge in [-0.05, 0) is 215 Å². The standard InChI is InChI=1S/C112H92N8O22/c1-3-131-37-39-133-111(129)89(41-63-29-33-113-34-30-63)119-107(125)85-51-91(139-77-25-9-17-69(47-77)65-13-5-21-73(43-65)103(121)115-55-81-59-135-81)97-99-93(141-79-27-11-19-71(49-79)67-15-7-23-75(45-67)105(123)117-57-83-61-137-83)53-87-96-88(110(128)120(109(87)127)90(42-64-31-35-114-36-32-64)112(130)134-40-38-132-4-2)54-94(142-80-28-12-20-72(50-80)68-16-8-24-76(46-68)106(124)118-58-84-62-138-84)100(102(96)99)98-92(52-86(108(119)126)95(85)101(97)98)140-78-26-10-18-70(48-78)66-14-6-22-74(44-66)104(122)116-56-82-60-136-82/h5-36,43-54,81-84,89-90H,3-4,37-42,55-62H2,1-2H3,(H,115,121)(H,116,122)(H,117,123)(H,118,124). The molecule has 6 atom stereocenters. The lowest BCUT2D eigenvalue weighted by Crippen LogP contribution is -2.52. The highest BCUT2D eigenvalue weighted by Crippen LogP contribution is 2.59. The number of amides is 8. The van der Waals surface area contributed by atoms with Crippen LogP contribution < -0.4 is 40.2 Å². The molecule has 13 aromatic carbocycles. The van der Waals surface area contributed by atoms with Gasteiger partial charge < -0.3 is 78.1 Å². The maximum atomic E-state index is 17.2. The fourth-order valence-corrected chi connectivity index (χ4v) is 18.2. The molecule has 30 nitrogen and oxygen atoms in total. The topological polar surface area (TPSA) is 375 Å². The number of fused-ring (bicyclic) bond motifs is 2. The summed E-state index contributed by atoms with van der Waals surface area (Å²) >= 11 is 0. The van der Waals surface area contributed by atoms with Crippen LogP contribution in [0.3, 0.4) is 0 Å². The molecule has 6 aliphatic heterocycles. The Morgan fingerprint density at radius 2 is 0.563 bits per heavy atom. The fourth-order valence-electron chi connectivity index (χ4n) is 18.2. The summed E-state index contributed by atoms with van der Waals surface area (Å²) in [4.78, 5) is 166. The second-order valence-corrected chi connectivity index (χ2v) is 35.0. The number of imide groups is 2. The van der Waals surface area contributed by atoms with E-state index in [0.29, 0.717) is 130 Å². The average Bonchev–Trinajstić information content (AvgIpc) is 0.936. The van der Waals surface area contributed by atoms with Crippen molar-refractivity contribution in [3.05, 3.63) is 323 Å². The van der Waals surface area contributed by atoms with E-state index in [-0.39, 0.29) is 212 Å². The van der Waals surface area contributed by atoms with E-state index in [1.165, 1.54) is 49.1 Å². The van der Waals surface area contributed by atoms with Crippen molar-refractivity contribution < 1.29 is 105 Å². The second kappa shape index (κ2) is 40.2. The lowest BCUT2D eigenvalue weighted by Gasteiger charge is -2.35. The summed E-state index contributed by atoms with van der Waals surface area (Å²) in [7, 11) is 0. The van der Waals surface area contributed by atoms with Gasteiger partial charge in [0.2, 0.25) is 0 Å². The van der Waals surface area contributed by atoms with Gasteiger partial charge in [-0.3, -0.25) is 58.1 Å². The number of nitrogens with zero attached hydrogens (tertiary/aromatic N) is 4. The zero-order chi connectivity index (χ0) is 97.2. The van der Waals surface area contributed by atoms with Crippen LogP contribution in [0.5, 0.6) is 46.0 Å². The molecule has 712 valence electrons. The molecule has 6 aliphatic rings. The monoisotopic (exact) mass is 1900 g/mol. The molecule has 4 fully saturated rings. The molecule has 0 bridgehead atoms. The molecule has 21 rings (SSSR count). The van der Waals surface area contributed by atoms with Gasteiger partial charge in [0, 0.05) is 142 Å². The number of carbonyl (C=O) groups excluding carboxylic acids is 10. The van der Waals surface area contributed by atoms with E-state index in [4.69, 9.17) is 56.8 Å². The largest absolute Gasteiger partial charge is 0.462 e. The van der Waals surface area contributed by atoms with Gasteiger partial charge in [-0.25, -0.2) is 9.59 Å². The first-order valence-electron chi connectivity index (χ1n) is 46.9. The van der Waals surface area contributed by atoms with E-state index >= 15 is 28.8 Å². The maximum Gasteiger partial charge on any atom is 0.329 e. The first kappa shape index (κ1) is 91.9. The summed E-state index contributed by atoms with van der Waals surface area (Å²) in [5, 5.41) is 12.2. The van der Waals surface area contributed by atoms with Crippen molar-refractivity contribution in [3.8, 4) is 90.5 Å². The Kier molecular flexibility index (Phi) is 26.0. The molecule has 142 heavy (non-hydrogen) atoms. The number of esters is 2. The van der Waals surface area contributed by atoms with Gasteiger partial charge >= 0.3 is 11.9 Å². The lowest BCUT2D eigenvalue weighted by atomic mass is 9.80. The molecule has 4 N–H and O–H groups in total. The average molecular weight is 1900 g/mol. The van der Waals surface area contributed by atoms with Crippen molar-refractivity contribution in [2.75, 3.05) is 92.2 Å². The Morgan fingerprint density at radius 1 is 0.317 bits per heavy atom. The molecule has 0 aliphatic carbocycles. The van der Waals surface area contributed by atoms with Gasteiger partial charge in [0.1, 0.15) is 71.3 Å². The first-order chi connectivity index (χ1) is 69.4. The number of nitrogens with one attached hydrogen (secondary N) is 4. The van der Waals surface area contributed by atoms with Gasteiger partial charge in [0.15, 0.2) is 0 Å². The number of aromatic nitrogens is 2. The van der Waals surface area contributed by atoms with Gasteiger partial charge in [-0.1, -0.05) is 97.1 Å². The molecule has 0 radical (unpaired) electrons. The summed E-state index contributed by atoms with van der Waals surface area (Å²) in [5.41, 5.74) is 6.19. The molecule has 8 heterocycles. The van der Waals surface area contributed by atoms with Gasteiger partial charge in [0.25, 0.3) is 47.3 Å². The minimum absolute atomic E-state index is 0.0141. The molecule has 8 amide bonds. The highest BCUT2D eigenvalue weighted by Gasteiger charge is 2.48. The van der Waals surface area contributed by atoms with Crippen LogP contribution in [0.4, 0.5) is 0 Å². The van der Waals surface area contributed by atoms with Crippen LogP contribution in [0.1, 0.15) is 108 Å². The van der Waals surface area contributed by atoms with E-state index in [0.717, 1.165) is 9.80 Å². The molecule has 4 saturated heterocycles. The number of epoxide rings is 4. The number of hydrogen-bond acceptors (Lipinski definition) is 24. The Balaban J connectivity index is 0.865. The summed E-state index contributed by atoms with van der Waals surface area (Å²) < 4.78 is 75.6. The zero-order valence-corrected chi connectivity index (χ0v) is 77.0. The zero-order valence-electron chi connectivity index (χ0n) is 77.0. The predicted octanol–water partition coefficient (Wildman–Crippen LogP) is 16.5. The van der Waals surface area contributed by atoms with Crippen LogP contribution in [-0.2, 0) is 60.3 Å². The van der Waals surface area contributed by atoms with Crippen molar-refractivity contribution in [3.63, 3.8) is 0 Å². The third kappa shape index (κ3) is 19.6. The summed E-state index contributed by atoms with van der Waals surface area (Å²) in [5.74, 6) is -7.24. The van der Waals surface area contributed by atoms with Crippen LogP contribution in [0.15, 0.2) is 267 Å². The normalized spacial score (nSPS) is 16.3. The SMILES string of the molecule is CCOCCOC(=O)C(Cc1ccncc1)N1C(=O)c2cc(Oc3cccc(-c4cccc(C(=O)NCC5CO5)c4)c3)c3c4c(Oc5cccc(-c6cccc(C(=O)NCC7CO7)c6)c5)cc5c6c(cc(Oc7cccc(-c8cccc(C(=O)NCC9CO9)c8)c7)c(c7c(Oc8cccc(-c9cccc(C(=O)NCC%10CO%10)c9)c8)cc(c2c37)C1=O)c64)C(=O)N(C(Cc1ccncc1)C(=O)OCCOCC)C5=O. The predicted molar refractivity (Wildman–Crippen MR) is 523 cm³/mol. The lowest BCUT2D eigenvalue weighted by molar-refractivity contribution is -0.150. The second-order valence-electron chi connectivity index (χ2n) is 35.0. The third-order valence-electron chi connectivity index (χ3n) is 25.5. The van der Waals surface area contributed by atoms with Crippen LogP contribution in [0, 0.1) is 0 Å². The maximum absolute atomic E-state index is 17.2. The van der Waals surface area contributed by atoms with Crippen molar-refractivity contribution >= 4 is 102 Å². The van der Waals surface area contributed by atoms with E-state index in [9.17, 15) is 19.2 Å². The number of carbonyl (C=O) groups is 10. The molecule has 0 spiro atoms. The number of hydrogen-bond donors (Lipinski definition) is 4. The van der Waals surface area contributed by atoms with Gasteiger partial charge in [0.05, 0.1) is 86.3 Å². The molecule has 6 unspecified atom stereocenters. The Bertz CT molecular complexity index is 6750. The molecule has 0 saturated carbocycles. The van der Waals surface area contributed by atoms with E-state index < -0.39 is 47.7 Å².